The van der Waals surface area contributed by atoms with E-state index >= 15 is 0 Å². The third-order valence-corrected chi connectivity index (χ3v) is 5.79. The predicted octanol–water partition coefficient (Wildman–Crippen LogP) is 3.80. The fourth-order valence-electron chi connectivity index (χ4n) is 4.06. The molecule has 5 nitrogen and oxygen atoms in total. The molecule has 0 radical (unpaired) electrons. The van der Waals surface area contributed by atoms with Crippen molar-refractivity contribution in [2.75, 3.05) is 38.2 Å². The average molecular weight is 377 g/mol. The molecular weight excluding hydrogens is 350 g/mol. The summed E-state index contributed by atoms with van der Waals surface area (Å²) < 4.78 is 5.38. The van der Waals surface area contributed by atoms with Crippen LogP contribution in [0, 0.1) is 0 Å². The molecule has 2 aromatic carbocycles. The van der Waals surface area contributed by atoms with Gasteiger partial charge in [-0.15, -0.1) is 0 Å². The lowest BCUT2D eigenvalue weighted by atomic mass is 9.82. The molecule has 0 unspecified atom stereocenters. The highest BCUT2D eigenvalue weighted by atomic mass is 16.5. The van der Waals surface area contributed by atoms with E-state index in [2.05, 4.69) is 34.1 Å². The van der Waals surface area contributed by atoms with Gasteiger partial charge in [-0.25, -0.2) is 0 Å². The number of aromatic amines is 1. The smallest absolute Gasteiger partial charge is 0.232 e. The van der Waals surface area contributed by atoms with Gasteiger partial charge >= 0.3 is 0 Å². The largest absolute Gasteiger partial charge is 0.497 e. The Labute approximate surface area is 165 Å². The summed E-state index contributed by atoms with van der Waals surface area (Å²) in [6.07, 6.45) is 1.96. The van der Waals surface area contributed by atoms with Crippen molar-refractivity contribution < 1.29 is 9.53 Å². The molecule has 5 heteroatoms. The van der Waals surface area contributed by atoms with Gasteiger partial charge in [0.05, 0.1) is 12.5 Å². The van der Waals surface area contributed by atoms with Gasteiger partial charge < -0.3 is 19.5 Å². The summed E-state index contributed by atoms with van der Waals surface area (Å²) in [5.41, 5.74) is 2.64. The van der Waals surface area contributed by atoms with Gasteiger partial charge in [0.2, 0.25) is 5.91 Å². The maximum atomic E-state index is 13.4. The van der Waals surface area contributed by atoms with Crippen molar-refractivity contribution in [1.82, 2.24) is 9.88 Å². The molecule has 1 saturated heterocycles. The van der Waals surface area contributed by atoms with E-state index in [4.69, 9.17) is 4.74 Å². The Morgan fingerprint density at radius 2 is 1.75 bits per heavy atom. The first-order valence-corrected chi connectivity index (χ1v) is 9.75. The molecule has 3 aromatic rings. The van der Waals surface area contributed by atoms with Crippen molar-refractivity contribution in [1.29, 1.82) is 0 Å². The normalized spacial score (nSPS) is 15.1. The fraction of sp³-hybridized carbons (Fsp3) is 0.348. The van der Waals surface area contributed by atoms with Crippen LogP contribution in [0.3, 0.4) is 0 Å². The number of benzene rings is 2. The van der Waals surface area contributed by atoms with Gasteiger partial charge in [0.25, 0.3) is 0 Å². The zero-order valence-corrected chi connectivity index (χ0v) is 16.7. The highest BCUT2D eigenvalue weighted by molar-refractivity contribution is 5.95. The molecule has 4 rings (SSSR count). The Hall–Kier alpha value is -2.95. The molecule has 1 aromatic heterocycles. The van der Waals surface area contributed by atoms with Gasteiger partial charge in [0, 0.05) is 49.0 Å². The van der Waals surface area contributed by atoms with Crippen molar-refractivity contribution in [3.8, 4) is 5.75 Å². The number of amides is 1. The number of nitrogens with zero attached hydrogens (tertiary/aromatic N) is 2. The van der Waals surface area contributed by atoms with Gasteiger partial charge in [-0.3, -0.25) is 4.79 Å². The second kappa shape index (κ2) is 7.23. The zero-order chi connectivity index (χ0) is 19.7. The summed E-state index contributed by atoms with van der Waals surface area (Å²) in [5.74, 6) is 0.969. The number of nitrogens with one attached hydrogen (secondary N) is 1. The predicted molar refractivity (Wildman–Crippen MR) is 113 cm³/mol. The molecule has 2 heterocycles. The Bertz CT molecular complexity index is 970. The number of H-pyrrole nitrogens is 1. The maximum absolute atomic E-state index is 13.4. The summed E-state index contributed by atoms with van der Waals surface area (Å²) in [4.78, 5) is 21.1. The monoisotopic (exact) mass is 377 g/mol. The summed E-state index contributed by atoms with van der Waals surface area (Å²) in [5, 5.41) is 1.04. The third-order valence-electron chi connectivity index (χ3n) is 5.79. The van der Waals surface area contributed by atoms with E-state index in [0.29, 0.717) is 0 Å². The number of aromatic nitrogens is 1. The highest BCUT2D eigenvalue weighted by Gasteiger charge is 2.37. The molecule has 1 fully saturated rings. The zero-order valence-electron chi connectivity index (χ0n) is 16.7. The molecule has 0 atom stereocenters. The molecule has 1 aliphatic rings. The van der Waals surface area contributed by atoms with Crippen molar-refractivity contribution in [2.24, 2.45) is 0 Å². The van der Waals surface area contributed by atoms with Crippen LogP contribution in [0.4, 0.5) is 5.69 Å². The molecule has 0 spiro atoms. The number of piperazine rings is 1. The number of para-hydroxylation sites is 1. The van der Waals surface area contributed by atoms with Crippen LogP contribution >= 0.6 is 0 Å². The van der Waals surface area contributed by atoms with Crippen molar-refractivity contribution in [2.45, 2.75) is 19.3 Å². The van der Waals surface area contributed by atoms with E-state index < -0.39 is 5.41 Å². The lowest BCUT2D eigenvalue weighted by Gasteiger charge is -2.39. The number of hydrogen-bond donors (Lipinski definition) is 1. The van der Waals surface area contributed by atoms with Crippen LogP contribution in [0.15, 0.2) is 54.7 Å². The highest BCUT2D eigenvalue weighted by Crippen LogP contribution is 2.34. The number of carbonyl (C=O) groups is 1. The molecule has 0 saturated carbocycles. The Morgan fingerprint density at radius 1 is 1.04 bits per heavy atom. The number of anilines is 1. The van der Waals surface area contributed by atoms with E-state index in [1.165, 1.54) is 5.69 Å². The van der Waals surface area contributed by atoms with E-state index in [9.17, 15) is 4.79 Å². The van der Waals surface area contributed by atoms with Crippen LogP contribution in [0.2, 0.25) is 0 Å². The molecule has 0 aliphatic carbocycles. The Morgan fingerprint density at radius 3 is 2.43 bits per heavy atom. The van der Waals surface area contributed by atoms with Gasteiger partial charge in [-0.2, -0.15) is 0 Å². The van der Waals surface area contributed by atoms with E-state index in [1.807, 2.05) is 49.2 Å². The summed E-state index contributed by atoms with van der Waals surface area (Å²) >= 11 is 0. The topological polar surface area (TPSA) is 48.6 Å². The lowest BCUT2D eigenvalue weighted by Crippen LogP contribution is -2.53. The van der Waals surface area contributed by atoms with Crippen LogP contribution < -0.4 is 9.64 Å². The van der Waals surface area contributed by atoms with E-state index in [0.717, 1.165) is 48.4 Å². The Balaban J connectivity index is 1.53. The van der Waals surface area contributed by atoms with Gasteiger partial charge in [0.15, 0.2) is 0 Å². The van der Waals surface area contributed by atoms with Crippen molar-refractivity contribution >= 4 is 22.5 Å². The minimum absolute atomic E-state index is 0.170. The molecular formula is C23H27N3O2. The quantitative estimate of drug-likeness (QED) is 0.752. The molecule has 28 heavy (non-hydrogen) atoms. The first kappa shape index (κ1) is 18.4. The Kier molecular flexibility index (Phi) is 4.75. The number of rotatable bonds is 4. The number of fused-ring (bicyclic) bond motifs is 1. The molecule has 146 valence electrons. The fourth-order valence-corrected chi connectivity index (χ4v) is 4.06. The van der Waals surface area contributed by atoms with Crippen molar-refractivity contribution in [3.05, 3.63) is 60.3 Å². The van der Waals surface area contributed by atoms with Gasteiger partial charge in [-0.05, 0) is 49.7 Å². The van der Waals surface area contributed by atoms with Crippen LogP contribution in [-0.4, -0.2) is 49.1 Å². The summed E-state index contributed by atoms with van der Waals surface area (Å²) in [6, 6.07) is 16.3. The second-order valence-corrected chi connectivity index (χ2v) is 7.85. The van der Waals surface area contributed by atoms with Crippen molar-refractivity contribution in [3.63, 3.8) is 0 Å². The summed E-state index contributed by atoms with van der Waals surface area (Å²) in [6.45, 7) is 7.22. The minimum Gasteiger partial charge on any atom is -0.497 e. The maximum Gasteiger partial charge on any atom is 0.232 e. The molecule has 0 bridgehead atoms. The lowest BCUT2D eigenvalue weighted by molar-refractivity contribution is -0.136. The molecule has 1 N–H and O–H groups in total. The minimum atomic E-state index is -0.612. The third kappa shape index (κ3) is 3.21. The van der Waals surface area contributed by atoms with Gasteiger partial charge in [0.1, 0.15) is 5.75 Å². The first-order chi connectivity index (χ1) is 13.5. The number of carbonyl (C=O) groups excluding carboxylic acids is 1. The number of methoxy groups -OCH3 is 1. The summed E-state index contributed by atoms with van der Waals surface area (Å²) in [7, 11) is 1.66. The van der Waals surface area contributed by atoms with E-state index in [-0.39, 0.29) is 5.91 Å². The number of ether oxygens (including phenoxy) is 1. The number of hydrogen-bond acceptors (Lipinski definition) is 3. The van der Waals surface area contributed by atoms with Crippen LogP contribution in [0.1, 0.15) is 19.4 Å². The van der Waals surface area contributed by atoms with Gasteiger partial charge in [-0.1, -0.05) is 18.2 Å². The molecule has 1 aliphatic heterocycles. The standard InChI is InChI=1S/C23H27N3O2/c1-23(2,20-16-24-21-10-9-18(28-3)15-19(20)21)22(27)26-13-11-25(12-14-26)17-7-5-4-6-8-17/h4-10,15-16,24H,11-14H2,1-3H3. The first-order valence-electron chi connectivity index (χ1n) is 9.75. The van der Waals surface area contributed by atoms with Crippen LogP contribution in [-0.2, 0) is 10.2 Å². The SMILES string of the molecule is COc1ccc2[nH]cc(C(C)(C)C(=O)N3CCN(c4ccccc4)CC3)c2c1. The second-order valence-electron chi connectivity index (χ2n) is 7.85. The molecule has 1 amide bonds. The van der Waals surface area contributed by atoms with Crippen LogP contribution in [0.5, 0.6) is 5.75 Å². The van der Waals surface area contributed by atoms with E-state index in [1.54, 1.807) is 7.11 Å². The average Bonchev–Trinajstić information content (AvgIpc) is 3.18. The van der Waals surface area contributed by atoms with Crippen LogP contribution in [0.25, 0.3) is 10.9 Å².